The van der Waals surface area contributed by atoms with Crippen molar-refractivity contribution in [2.45, 2.75) is 0 Å². The van der Waals surface area contributed by atoms with E-state index in [2.05, 4.69) is 0 Å². The first-order valence-electron chi connectivity index (χ1n) is 10.8. The van der Waals surface area contributed by atoms with E-state index < -0.39 is 111 Å². The largest absolute Gasteiger partial charge is 0.423 e. The van der Waals surface area contributed by atoms with Crippen LogP contribution in [0.2, 0.25) is 15.1 Å². The normalized spacial score (nSPS) is 9.81. The Hall–Kier alpha value is -6.87. The molecule has 0 aromatic heterocycles. The second kappa shape index (κ2) is 15.9. The summed E-state index contributed by atoms with van der Waals surface area (Å²) >= 11 is 16.1. The third-order valence-corrected chi connectivity index (χ3v) is 5.88. The Bertz CT molecular complexity index is 1930. The van der Waals surface area contributed by atoms with E-state index >= 15 is 0 Å². The zero-order chi connectivity index (χ0) is 37.4. The maximum Gasteiger partial charge on any atom is 0.423 e. The summed E-state index contributed by atoms with van der Waals surface area (Å²) in [6, 6.07) is 4.20. The van der Waals surface area contributed by atoms with Crippen molar-refractivity contribution < 1.29 is 44.3 Å². The molecule has 0 heterocycles. The molecule has 30 heteroatoms. The van der Waals surface area contributed by atoms with Gasteiger partial charge >= 0.3 is 39.8 Å². The first-order valence-corrected chi connectivity index (χ1v) is 12.0. The molecule has 3 rings (SSSR count). The lowest BCUT2D eigenvalue weighted by atomic mass is 10.2. The number of hydrogen-bond donors (Lipinski definition) is 0. The molecule has 0 aliphatic heterocycles. The monoisotopic (exact) mass is 741 g/mol. The Morgan fingerprint density at radius 3 is 1.10 bits per heavy atom. The van der Waals surface area contributed by atoms with Gasteiger partial charge in [0.2, 0.25) is 5.02 Å². The van der Waals surface area contributed by atoms with E-state index in [0.717, 1.165) is 18.2 Å². The highest BCUT2D eigenvalue weighted by Crippen LogP contribution is 2.42. The average molecular weight is 743 g/mol. The summed E-state index contributed by atoms with van der Waals surface area (Å²) in [7, 11) is 0. The van der Waals surface area contributed by atoms with Crippen molar-refractivity contribution >= 4 is 86.0 Å². The van der Waals surface area contributed by atoms with Crippen molar-refractivity contribution in [1.29, 1.82) is 0 Å². The minimum atomic E-state index is -1.22. The van der Waals surface area contributed by atoms with Crippen LogP contribution >= 0.6 is 34.8 Å². The second-order valence-corrected chi connectivity index (χ2v) is 8.83. The summed E-state index contributed by atoms with van der Waals surface area (Å²) in [6.07, 6.45) is 0. The van der Waals surface area contributed by atoms with Crippen molar-refractivity contribution in [2.24, 2.45) is 0 Å². The minimum absolute atomic E-state index is 0.490. The molecule has 0 aliphatic rings. The van der Waals surface area contributed by atoms with E-state index in [9.17, 15) is 91.0 Å². The van der Waals surface area contributed by atoms with Crippen molar-refractivity contribution in [1.82, 2.24) is 0 Å². The van der Waals surface area contributed by atoms with Gasteiger partial charge in [0.1, 0.15) is 16.1 Å². The Morgan fingerprint density at radius 2 is 0.729 bits per heavy atom. The molecule has 252 valence electrons. The van der Waals surface area contributed by atoms with E-state index in [1.165, 1.54) is 0 Å². The van der Waals surface area contributed by atoms with Gasteiger partial charge in [0.15, 0.2) is 0 Å². The van der Waals surface area contributed by atoms with Gasteiger partial charge in [-0.15, -0.1) is 0 Å². The number of benzene rings is 3. The summed E-state index contributed by atoms with van der Waals surface area (Å²) in [6.45, 7) is 0. The summed E-state index contributed by atoms with van der Waals surface area (Å²) in [4.78, 5) is 84.5. The summed E-state index contributed by atoms with van der Waals surface area (Å²) < 4.78 is 0. The van der Waals surface area contributed by atoms with Gasteiger partial charge in [0.25, 0.3) is 11.4 Å². The molecule has 0 atom stereocenters. The van der Waals surface area contributed by atoms with E-state index in [0.29, 0.717) is 18.2 Å². The van der Waals surface area contributed by atoms with Crippen molar-refractivity contribution in [3.8, 4) is 0 Å². The molecule has 0 radical (unpaired) electrons. The maximum absolute atomic E-state index is 10.5. The fourth-order valence-electron chi connectivity index (χ4n) is 3.05. The van der Waals surface area contributed by atoms with Gasteiger partial charge in [-0.3, -0.25) is 91.0 Å². The molecule has 3 aromatic rings. The van der Waals surface area contributed by atoms with E-state index in [1.54, 1.807) is 0 Å². The van der Waals surface area contributed by atoms with Crippen LogP contribution in [0.15, 0.2) is 36.4 Å². The zero-order valence-corrected chi connectivity index (χ0v) is 24.2. The summed E-state index contributed by atoms with van der Waals surface area (Å²) in [5, 5.41) is 92.1. The molecule has 0 N–H and O–H groups in total. The molecule has 27 nitrogen and oxygen atoms in total. The van der Waals surface area contributed by atoms with E-state index in [4.69, 9.17) is 34.8 Å². The number of nitro groups is 9. The van der Waals surface area contributed by atoms with Crippen LogP contribution in [0.25, 0.3) is 0 Å². The highest BCUT2D eigenvalue weighted by atomic mass is 35.5. The maximum atomic E-state index is 10.5. The van der Waals surface area contributed by atoms with E-state index in [1.807, 2.05) is 0 Å². The third kappa shape index (κ3) is 9.09. The molecule has 0 spiro atoms. The Kier molecular flexibility index (Phi) is 13.0. The summed E-state index contributed by atoms with van der Waals surface area (Å²) in [5.74, 6) is 0. The number of hydrogen-bond acceptors (Lipinski definition) is 18. The molecule has 0 unspecified atom stereocenters. The fraction of sp³-hybridized carbons (Fsp3) is 0. The molecule has 48 heavy (non-hydrogen) atoms. The van der Waals surface area contributed by atoms with Crippen LogP contribution in [-0.4, -0.2) is 44.3 Å². The molecule has 0 saturated carbocycles. The van der Waals surface area contributed by atoms with Gasteiger partial charge in [-0.2, -0.15) is 0 Å². The number of rotatable bonds is 9. The molecular weight excluding hydrogens is 737 g/mol. The van der Waals surface area contributed by atoms with Gasteiger partial charge in [-0.1, -0.05) is 34.8 Å². The number of non-ortho nitro benzene ring substituents is 1. The predicted octanol–water partition coefficient (Wildman–Crippen LogP) is 6.19. The number of nitrogens with zero attached hydrogens (tertiary/aromatic N) is 9. The first-order chi connectivity index (χ1) is 22.1. The fourth-order valence-corrected chi connectivity index (χ4v) is 3.84. The lowest BCUT2D eigenvalue weighted by Crippen LogP contribution is -2.01. The van der Waals surface area contributed by atoms with Crippen LogP contribution in [0.1, 0.15) is 0 Å². The van der Waals surface area contributed by atoms with Gasteiger partial charge in [0.05, 0.1) is 44.3 Å². The van der Waals surface area contributed by atoms with Gasteiger partial charge in [-0.05, 0) is 6.07 Å². The van der Waals surface area contributed by atoms with Gasteiger partial charge in [0, 0.05) is 24.3 Å². The van der Waals surface area contributed by atoms with Crippen LogP contribution in [0.4, 0.5) is 51.2 Å². The molecule has 0 aliphatic carbocycles. The lowest BCUT2D eigenvalue weighted by Gasteiger charge is -1.97. The van der Waals surface area contributed by atoms with E-state index in [-0.39, 0.29) is 0 Å². The molecule has 0 fully saturated rings. The molecule has 0 amide bonds. The molecule has 0 saturated heterocycles. The molecule has 0 bridgehead atoms. The second-order valence-electron chi connectivity index (χ2n) is 7.64. The highest BCUT2D eigenvalue weighted by molar-refractivity contribution is 6.35. The Balaban J connectivity index is 0.000000360. The quantitative estimate of drug-likeness (QED) is 0.174. The Labute approximate surface area is 272 Å². The van der Waals surface area contributed by atoms with Crippen LogP contribution in [0.3, 0.4) is 0 Å². The number of nitro benzene ring substituents is 9. The predicted molar refractivity (Wildman–Crippen MR) is 154 cm³/mol. The summed E-state index contributed by atoms with van der Waals surface area (Å²) in [5.41, 5.74) is -8.64. The van der Waals surface area contributed by atoms with Gasteiger partial charge < -0.3 is 0 Å². The zero-order valence-electron chi connectivity index (χ0n) is 22.0. The van der Waals surface area contributed by atoms with Crippen molar-refractivity contribution in [3.63, 3.8) is 0 Å². The first kappa shape index (κ1) is 39.2. The topological polar surface area (TPSA) is 388 Å². The van der Waals surface area contributed by atoms with Gasteiger partial charge in [-0.25, -0.2) is 0 Å². The molecular formula is C18H6Cl3N9O18. The smallest absolute Gasteiger partial charge is 0.258 e. The standard InChI is InChI=1S/3C6H2ClN3O6/c7-4-1-3(8(11)12)2-5(9(13)14)6(4)10(15)16;7-5-3(8(11)12)1-2-4(9(13)14)6(5)10(15)16;7-3-1-2-4(8(11)12)6(10(15)16)5(3)9(13)14/h3*1-2H. The minimum Gasteiger partial charge on any atom is -0.258 e. The van der Waals surface area contributed by atoms with Crippen molar-refractivity contribution in [2.75, 3.05) is 0 Å². The SMILES string of the molecule is O=[N+]([O-])c1cc(Cl)c([N+](=O)[O-])c([N+](=O)[O-])c1.O=[N+]([O-])c1ccc(Cl)c([N+](=O)[O-])c1[N+](=O)[O-].O=[N+]([O-])c1ccc([N+](=O)[O-])c([N+](=O)[O-])c1Cl. The van der Waals surface area contributed by atoms with Crippen molar-refractivity contribution in [3.05, 3.63) is 142 Å². The number of halogens is 3. The van der Waals surface area contributed by atoms with Crippen LogP contribution in [0, 0.1) is 91.0 Å². The van der Waals surface area contributed by atoms with Crippen LogP contribution < -0.4 is 0 Å². The van der Waals surface area contributed by atoms with Crippen LogP contribution in [-0.2, 0) is 0 Å². The lowest BCUT2D eigenvalue weighted by molar-refractivity contribution is -0.441. The van der Waals surface area contributed by atoms with Crippen LogP contribution in [0.5, 0.6) is 0 Å². The average Bonchev–Trinajstić information content (AvgIpc) is 2.95. The Morgan fingerprint density at radius 1 is 0.354 bits per heavy atom. The molecule has 3 aromatic carbocycles. The third-order valence-electron chi connectivity index (χ3n) is 4.91. The highest BCUT2D eigenvalue weighted by Gasteiger charge is 2.38.